The summed E-state index contributed by atoms with van der Waals surface area (Å²) >= 11 is 0. The number of anilines is 1. The third-order valence-electron chi connectivity index (χ3n) is 4.10. The maximum absolute atomic E-state index is 4.64. The normalized spacial score (nSPS) is 19.7. The van der Waals surface area contributed by atoms with E-state index in [-0.39, 0.29) is 0 Å². The first-order valence-corrected chi connectivity index (χ1v) is 7.54. The van der Waals surface area contributed by atoms with Gasteiger partial charge in [-0.3, -0.25) is 9.88 Å². The average Bonchev–Trinajstić information content (AvgIpc) is 2.50. The minimum absolute atomic E-state index is 0.522. The van der Waals surface area contributed by atoms with Crippen LogP contribution in [0.4, 0.5) is 5.82 Å². The van der Waals surface area contributed by atoms with Crippen LogP contribution < -0.4 is 4.90 Å². The summed E-state index contributed by atoms with van der Waals surface area (Å²) < 4.78 is 0. The fourth-order valence-electron chi connectivity index (χ4n) is 2.87. The minimum atomic E-state index is 0.522. The molecule has 2 aromatic heterocycles. The van der Waals surface area contributed by atoms with E-state index in [0.29, 0.717) is 6.04 Å². The summed E-state index contributed by atoms with van der Waals surface area (Å²) in [7, 11) is 0. The van der Waals surface area contributed by atoms with Crippen LogP contribution in [-0.4, -0.2) is 40.5 Å². The Kier molecular flexibility index (Phi) is 4.15. The molecule has 0 saturated carbocycles. The number of hydrogen-bond donors (Lipinski definition) is 0. The van der Waals surface area contributed by atoms with Crippen LogP contribution in [0.3, 0.4) is 0 Å². The van der Waals surface area contributed by atoms with Crippen LogP contribution >= 0.6 is 0 Å². The highest BCUT2D eigenvalue weighted by molar-refractivity contribution is 5.40. The zero-order valence-corrected chi connectivity index (χ0v) is 12.7. The summed E-state index contributed by atoms with van der Waals surface area (Å²) in [5.41, 5.74) is 2.42. The number of pyridine rings is 2. The fraction of sp³-hybridized carbons (Fsp3) is 0.412. The molecule has 4 nitrogen and oxygen atoms in total. The van der Waals surface area contributed by atoms with Crippen molar-refractivity contribution in [2.24, 2.45) is 0 Å². The van der Waals surface area contributed by atoms with Crippen molar-refractivity contribution in [3.8, 4) is 0 Å². The van der Waals surface area contributed by atoms with E-state index in [1.165, 1.54) is 5.56 Å². The Morgan fingerprint density at radius 2 is 1.95 bits per heavy atom. The zero-order valence-electron chi connectivity index (χ0n) is 12.7. The molecule has 1 aliphatic rings. The van der Waals surface area contributed by atoms with Crippen molar-refractivity contribution in [2.45, 2.75) is 26.4 Å². The summed E-state index contributed by atoms with van der Waals surface area (Å²) in [6, 6.07) is 11.0. The van der Waals surface area contributed by atoms with Crippen LogP contribution in [0.2, 0.25) is 0 Å². The molecular weight excluding hydrogens is 260 g/mol. The van der Waals surface area contributed by atoms with Crippen LogP contribution in [0.1, 0.15) is 18.2 Å². The average molecular weight is 282 g/mol. The highest BCUT2D eigenvalue weighted by Crippen LogP contribution is 2.19. The van der Waals surface area contributed by atoms with Crippen molar-refractivity contribution < 1.29 is 0 Å². The third kappa shape index (κ3) is 3.39. The number of rotatable bonds is 3. The quantitative estimate of drug-likeness (QED) is 0.866. The largest absolute Gasteiger partial charge is 0.354 e. The first-order valence-electron chi connectivity index (χ1n) is 7.54. The van der Waals surface area contributed by atoms with Gasteiger partial charge in [-0.25, -0.2) is 4.98 Å². The van der Waals surface area contributed by atoms with Gasteiger partial charge in [-0.1, -0.05) is 6.07 Å². The Bertz CT molecular complexity index is 584. The van der Waals surface area contributed by atoms with Gasteiger partial charge in [-0.15, -0.1) is 0 Å². The second-order valence-corrected chi connectivity index (χ2v) is 5.76. The van der Waals surface area contributed by atoms with Crippen LogP contribution in [0.15, 0.2) is 42.7 Å². The Hall–Kier alpha value is -1.94. The van der Waals surface area contributed by atoms with E-state index in [1.807, 2.05) is 25.4 Å². The van der Waals surface area contributed by atoms with Gasteiger partial charge in [0.15, 0.2) is 0 Å². The summed E-state index contributed by atoms with van der Waals surface area (Å²) in [5, 5.41) is 0. The van der Waals surface area contributed by atoms with Gasteiger partial charge in [0.2, 0.25) is 0 Å². The summed E-state index contributed by atoms with van der Waals surface area (Å²) in [6.07, 6.45) is 3.74. The fourth-order valence-corrected chi connectivity index (χ4v) is 2.87. The zero-order chi connectivity index (χ0) is 14.7. The van der Waals surface area contributed by atoms with E-state index >= 15 is 0 Å². The predicted octanol–water partition coefficient (Wildman–Crippen LogP) is 2.50. The third-order valence-corrected chi connectivity index (χ3v) is 4.10. The molecule has 0 N–H and O–H groups in total. The van der Waals surface area contributed by atoms with E-state index in [1.54, 1.807) is 0 Å². The van der Waals surface area contributed by atoms with Gasteiger partial charge in [-0.2, -0.15) is 0 Å². The molecule has 0 spiro atoms. The standard InChI is InChI=1S/C17H22N4/c1-14-4-3-5-17(19-14)21-11-10-20(15(2)12-21)13-16-6-8-18-9-7-16/h3-9,15H,10-13H2,1-2H3. The topological polar surface area (TPSA) is 32.3 Å². The lowest BCUT2D eigenvalue weighted by molar-refractivity contribution is 0.180. The molecular formula is C17H22N4. The molecule has 1 saturated heterocycles. The summed E-state index contributed by atoms with van der Waals surface area (Å²) in [6.45, 7) is 8.47. The van der Waals surface area contributed by atoms with Gasteiger partial charge in [0, 0.05) is 50.3 Å². The molecule has 1 aliphatic heterocycles. The predicted molar refractivity (Wildman–Crippen MR) is 85.3 cm³/mol. The molecule has 1 unspecified atom stereocenters. The molecule has 0 radical (unpaired) electrons. The highest BCUT2D eigenvalue weighted by atomic mass is 15.3. The molecule has 0 aromatic carbocycles. The number of piperazine rings is 1. The van der Waals surface area contributed by atoms with Crippen molar-refractivity contribution in [1.82, 2.24) is 14.9 Å². The maximum Gasteiger partial charge on any atom is 0.128 e. The molecule has 110 valence electrons. The van der Waals surface area contributed by atoms with E-state index in [2.05, 4.69) is 51.0 Å². The van der Waals surface area contributed by atoms with Crippen LogP contribution in [0, 0.1) is 6.92 Å². The monoisotopic (exact) mass is 282 g/mol. The van der Waals surface area contributed by atoms with E-state index in [9.17, 15) is 0 Å². The molecule has 3 rings (SSSR count). The second kappa shape index (κ2) is 6.22. The van der Waals surface area contributed by atoms with E-state index < -0.39 is 0 Å². The Morgan fingerprint density at radius 3 is 2.67 bits per heavy atom. The molecule has 1 atom stereocenters. The van der Waals surface area contributed by atoms with Gasteiger partial charge in [0.25, 0.3) is 0 Å². The van der Waals surface area contributed by atoms with Crippen LogP contribution in [0.5, 0.6) is 0 Å². The van der Waals surface area contributed by atoms with Crippen molar-refractivity contribution in [3.05, 3.63) is 54.0 Å². The lowest BCUT2D eigenvalue weighted by Crippen LogP contribution is -2.51. The molecule has 4 heteroatoms. The van der Waals surface area contributed by atoms with Crippen molar-refractivity contribution in [3.63, 3.8) is 0 Å². The molecule has 3 heterocycles. The van der Waals surface area contributed by atoms with E-state index in [4.69, 9.17) is 0 Å². The first-order chi connectivity index (χ1) is 10.2. The Balaban J connectivity index is 1.64. The molecule has 0 bridgehead atoms. The molecule has 0 aliphatic carbocycles. The number of aryl methyl sites for hydroxylation is 1. The SMILES string of the molecule is Cc1cccc(N2CCN(Cc3ccncc3)C(C)C2)n1. The molecule has 0 amide bonds. The van der Waals surface area contributed by atoms with Crippen molar-refractivity contribution in [1.29, 1.82) is 0 Å². The molecule has 1 fully saturated rings. The smallest absolute Gasteiger partial charge is 0.128 e. The first kappa shape index (κ1) is 14.0. The summed E-state index contributed by atoms with van der Waals surface area (Å²) in [4.78, 5) is 13.6. The summed E-state index contributed by atoms with van der Waals surface area (Å²) in [5.74, 6) is 1.10. The van der Waals surface area contributed by atoms with Crippen LogP contribution in [0.25, 0.3) is 0 Å². The van der Waals surface area contributed by atoms with Crippen molar-refractivity contribution in [2.75, 3.05) is 24.5 Å². The van der Waals surface area contributed by atoms with Crippen molar-refractivity contribution >= 4 is 5.82 Å². The molecule has 2 aromatic rings. The number of hydrogen-bond acceptors (Lipinski definition) is 4. The number of nitrogens with zero attached hydrogens (tertiary/aromatic N) is 4. The van der Waals surface area contributed by atoms with Crippen LogP contribution in [-0.2, 0) is 6.54 Å². The highest BCUT2D eigenvalue weighted by Gasteiger charge is 2.24. The number of aromatic nitrogens is 2. The van der Waals surface area contributed by atoms with Gasteiger partial charge in [0.05, 0.1) is 0 Å². The van der Waals surface area contributed by atoms with Gasteiger partial charge in [0.1, 0.15) is 5.82 Å². The van der Waals surface area contributed by atoms with Gasteiger partial charge < -0.3 is 4.90 Å². The maximum atomic E-state index is 4.64. The second-order valence-electron chi connectivity index (χ2n) is 5.76. The van der Waals surface area contributed by atoms with E-state index in [0.717, 1.165) is 37.7 Å². The molecule has 21 heavy (non-hydrogen) atoms. The Morgan fingerprint density at radius 1 is 1.14 bits per heavy atom. The van der Waals surface area contributed by atoms with Gasteiger partial charge in [-0.05, 0) is 43.7 Å². The lowest BCUT2D eigenvalue weighted by atomic mass is 10.1. The minimum Gasteiger partial charge on any atom is -0.354 e. The Labute approximate surface area is 126 Å². The lowest BCUT2D eigenvalue weighted by Gasteiger charge is -2.40. The van der Waals surface area contributed by atoms with Gasteiger partial charge >= 0.3 is 0 Å².